The van der Waals surface area contributed by atoms with E-state index in [0.29, 0.717) is 24.3 Å². The van der Waals surface area contributed by atoms with Crippen LogP contribution in [0.1, 0.15) is 37.3 Å². The van der Waals surface area contributed by atoms with Gasteiger partial charge in [0.05, 0.1) is 13.7 Å². The van der Waals surface area contributed by atoms with Gasteiger partial charge in [-0.2, -0.15) is 0 Å². The Labute approximate surface area is 274 Å². The molecule has 1 aliphatic heterocycles. The molecule has 0 aliphatic carbocycles. The summed E-state index contributed by atoms with van der Waals surface area (Å²) in [7, 11) is 1.71. The van der Waals surface area contributed by atoms with E-state index in [4.69, 9.17) is 41.5 Å². The number of halogens is 1. The molecule has 0 aromatic heterocycles. The Morgan fingerprint density at radius 2 is 1.30 bits per heavy atom. The minimum atomic E-state index is -1.26. The van der Waals surface area contributed by atoms with E-state index in [1.165, 1.54) is 17.5 Å². The Morgan fingerprint density at radius 3 is 1.78 bits per heavy atom. The van der Waals surface area contributed by atoms with Crippen molar-refractivity contribution in [1.82, 2.24) is 9.80 Å². The van der Waals surface area contributed by atoms with Crippen molar-refractivity contribution in [3.63, 3.8) is 0 Å². The predicted molar refractivity (Wildman–Crippen MR) is 174 cm³/mol. The van der Waals surface area contributed by atoms with Crippen LogP contribution in [0.5, 0.6) is 11.5 Å². The minimum Gasteiger partial charge on any atom is -0.497 e. The lowest BCUT2D eigenvalue weighted by Crippen LogP contribution is -2.46. The third kappa shape index (κ3) is 19.1. The molecule has 1 aliphatic rings. The van der Waals surface area contributed by atoms with Crippen LogP contribution in [-0.4, -0.2) is 101 Å². The average molecular weight is 663 g/mol. The molecule has 0 spiro atoms. The largest absolute Gasteiger partial charge is 0.497 e. The van der Waals surface area contributed by atoms with Crippen molar-refractivity contribution in [2.24, 2.45) is 0 Å². The first kappa shape index (κ1) is 39.6. The number of carbonyl (C=O) groups is 4. The van der Waals surface area contributed by atoms with E-state index < -0.39 is 23.9 Å². The molecule has 0 saturated carbocycles. The summed E-state index contributed by atoms with van der Waals surface area (Å²) in [6.45, 7) is 9.69. The fourth-order valence-electron chi connectivity index (χ4n) is 4.21. The molecule has 2 aromatic carbocycles. The van der Waals surface area contributed by atoms with Crippen LogP contribution in [0.4, 0.5) is 0 Å². The zero-order valence-electron chi connectivity index (χ0n) is 26.1. The van der Waals surface area contributed by atoms with Crippen LogP contribution in [-0.2, 0) is 32.1 Å². The highest BCUT2D eigenvalue weighted by atomic mass is 35.5. The van der Waals surface area contributed by atoms with Crippen molar-refractivity contribution in [3.8, 4) is 11.5 Å². The lowest BCUT2D eigenvalue weighted by atomic mass is 10.1. The summed E-state index contributed by atoms with van der Waals surface area (Å²) in [5.41, 5.74) is 2.58. The van der Waals surface area contributed by atoms with Gasteiger partial charge in [0.25, 0.3) is 0 Å². The smallest absolute Gasteiger partial charge is 0.328 e. The molecule has 2 aromatic rings. The first-order chi connectivity index (χ1) is 21.9. The number of carboxylic acid groups (broad SMARTS) is 4. The maximum absolute atomic E-state index is 9.55. The van der Waals surface area contributed by atoms with Gasteiger partial charge >= 0.3 is 23.9 Å². The average Bonchev–Trinajstić information content (AvgIpc) is 3.02. The van der Waals surface area contributed by atoms with Gasteiger partial charge in [0, 0.05) is 62.1 Å². The lowest BCUT2D eigenvalue weighted by molar-refractivity contribution is -0.134. The van der Waals surface area contributed by atoms with E-state index in [-0.39, 0.29) is 0 Å². The second-order valence-corrected chi connectivity index (χ2v) is 10.5. The van der Waals surface area contributed by atoms with E-state index in [1.807, 2.05) is 24.3 Å². The van der Waals surface area contributed by atoms with Crippen molar-refractivity contribution in [2.45, 2.75) is 39.2 Å². The zero-order valence-corrected chi connectivity index (χ0v) is 26.9. The van der Waals surface area contributed by atoms with Gasteiger partial charge in [-0.3, -0.25) is 4.90 Å². The molecular weight excluding hydrogens is 620 g/mol. The molecule has 13 heteroatoms. The van der Waals surface area contributed by atoms with Gasteiger partial charge in [0.1, 0.15) is 11.5 Å². The molecule has 1 saturated heterocycles. The normalized spacial score (nSPS) is 13.3. The number of piperazine rings is 1. The van der Waals surface area contributed by atoms with E-state index >= 15 is 0 Å². The molecule has 0 radical (unpaired) electrons. The van der Waals surface area contributed by atoms with Gasteiger partial charge < -0.3 is 34.8 Å². The summed E-state index contributed by atoms with van der Waals surface area (Å²) < 4.78 is 11.4. The molecule has 4 N–H and O–H groups in total. The molecule has 0 atom stereocenters. The Kier molecular flexibility index (Phi) is 19.8. The van der Waals surface area contributed by atoms with E-state index in [2.05, 4.69) is 34.9 Å². The van der Waals surface area contributed by atoms with Crippen LogP contribution in [0.25, 0.3) is 0 Å². The van der Waals surface area contributed by atoms with Gasteiger partial charge in [-0.15, -0.1) is 0 Å². The summed E-state index contributed by atoms with van der Waals surface area (Å²) in [5.74, 6) is -3.12. The number of unbranched alkanes of at least 4 members (excludes halogenated alkanes) is 1. The number of nitrogens with zero attached hydrogens (tertiary/aromatic N) is 2. The van der Waals surface area contributed by atoms with E-state index in [1.54, 1.807) is 7.11 Å². The molecule has 252 valence electrons. The van der Waals surface area contributed by atoms with Crippen molar-refractivity contribution < 1.29 is 49.1 Å². The highest BCUT2D eigenvalue weighted by molar-refractivity contribution is 6.30. The monoisotopic (exact) mass is 662 g/mol. The molecule has 0 amide bonds. The Morgan fingerprint density at radius 1 is 0.783 bits per heavy atom. The number of methoxy groups -OCH3 is 1. The Bertz CT molecular complexity index is 1220. The Hall–Kier alpha value is -4.39. The fourth-order valence-corrected chi connectivity index (χ4v) is 4.34. The minimum absolute atomic E-state index is 0.558. The molecule has 1 heterocycles. The van der Waals surface area contributed by atoms with E-state index in [9.17, 15) is 19.2 Å². The topological polar surface area (TPSA) is 174 Å². The first-order valence-corrected chi connectivity index (χ1v) is 15.1. The van der Waals surface area contributed by atoms with Crippen molar-refractivity contribution >= 4 is 35.5 Å². The number of carboxylic acids is 4. The van der Waals surface area contributed by atoms with Crippen LogP contribution in [0, 0.1) is 0 Å². The third-order valence-corrected chi connectivity index (χ3v) is 6.69. The van der Waals surface area contributed by atoms with Gasteiger partial charge in [-0.1, -0.05) is 37.1 Å². The third-order valence-electron chi connectivity index (χ3n) is 6.43. The van der Waals surface area contributed by atoms with Crippen LogP contribution in [0.3, 0.4) is 0 Å². The standard InChI is InChI=1S/C25H35ClN2O2.2C4H4O4/c1-3-6-22-19-24(29-2)11-12-25(22)30-18-5-4-13-27-14-16-28(17-15-27)20-21-7-9-23(26)10-8-21;2*5-3(6)1-2-4(7)8/h7-12,19H,3-6,13-18,20H2,1-2H3;2*1-2H,(H,5,6)(H,7,8)/b;2*2-1-. The predicted octanol–water partition coefficient (Wildman–Crippen LogP) is 4.70. The summed E-state index contributed by atoms with van der Waals surface area (Å²) in [6, 6.07) is 14.3. The number of benzene rings is 2. The molecule has 1 fully saturated rings. The molecule has 46 heavy (non-hydrogen) atoms. The Balaban J connectivity index is 0.000000545. The highest BCUT2D eigenvalue weighted by Crippen LogP contribution is 2.25. The number of hydrogen-bond donors (Lipinski definition) is 4. The van der Waals surface area contributed by atoms with Gasteiger partial charge in [-0.05, 0) is 67.3 Å². The number of aryl methyl sites for hydroxylation is 1. The lowest BCUT2D eigenvalue weighted by Gasteiger charge is -2.34. The summed E-state index contributed by atoms with van der Waals surface area (Å²) in [6.07, 6.45) is 6.62. The highest BCUT2D eigenvalue weighted by Gasteiger charge is 2.16. The molecule has 0 bridgehead atoms. The zero-order chi connectivity index (χ0) is 34.3. The van der Waals surface area contributed by atoms with Crippen LogP contribution in [0.15, 0.2) is 66.8 Å². The number of aliphatic carboxylic acids is 4. The van der Waals surface area contributed by atoms with Gasteiger partial charge in [0.15, 0.2) is 0 Å². The van der Waals surface area contributed by atoms with Crippen LogP contribution in [0.2, 0.25) is 5.02 Å². The first-order valence-electron chi connectivity index (χ1n) is 14.7. The second kappa shape index (κ2) is 23.0. The summed E-state index contributed by atoms with van der Waals surface area (Å²) in [4.78, 5) is 43.3. The molecule has 12 nitrogen and oxygen atoms in total. The van der Waals surface area contributed by atoms with E-state index in [0.717, 1.165) is 81.7 Å². The van der Waals surface area contributed by atoms with Gasteiger partial charge in [0.2, 0.25) is 0 Å². The number of hydrogen-bond acceptors (Lipinski definition) is 8. The van der Waals surface area contributed by atoms with Crippen molar-refractivity contribution in [3.05, 3.63) is 82.9 Å². The summed E-state index contributed by atoms with van der Waals surface area (Å²) >= 11 is 5.98. The number of ether oxygens (including phenoxy) is 2. The molecule has 3 rings (SSSR count). The van der Waals surface area contributed by atoms with Crippen LogP contribution < -0.4 is 9.47 Å². The van der Waals surface area contributed by atoms with Crippen LogP contribution >= 0.6 is 11.6 Å². The number of rotatable bonds is 15. The summed E-state index contributed by atoms with van der Waals surface area (Å²) in [5, 5.41) is 32.1. The SMILES string of the molecule is CCCc1cc(OC)ccc1OCCCCN1CCN(Cc2ccc(Cl)cc2)CC1.O=C(O)/C=C\C(=O)O.O=C(O)/C=C\C(=O)O. The quantitative estimate of drug-likeness (QED) is 0.153. The van der Waals surface area contributed by atoms with Crippen molar-refractivity contribution in [2.75, 3.05) is 46.4 Å². The van der Waals surface area contributed by atoms with Gasteiger partial charge in [-0.25, -0.2) is 19.2 Å². The fraction of sp³-hybridized carbons (Fsp3) is 0.394. The molecule has 0 unspecified atom stereocenters. The maximum Gasteiger partial charge on any atom is 0.328 e. The maximum atomic E-state index is 9.55. The molecular formula is C33H43ClN2O10. The van der Waals surface area contributed by atoms with Crippen molar-refractivity contribution in [1.29, 1.82) is 0 Å². The second-order valence-electron chi connectivity index (χ2n) is 10.0.